The van der Waals surface area contributed by atoms with Crippen LogP contribution in [0.2, 0.25) is 0 Å². The highest BCUT2D eigenvalue weighted by molar-refractivity contribution is 7.90. The fraction of sp³-hybridized carbons (Fsp3) is 0.833. The van der Waals surface area contributed by atoms with E-state index in [0.29, 0.717) is 6.42 Å². The molecule has 0 fully saturated rings. The number of nitrogens with one attached hydrogen (secondary N) is 1. The lowest BCUT2D eigenvalue weighted by molar-refractivity contribution is -0.119. The van der Waals surface area contributed by atoms with Crippen LogP contribution in [0.5, 0.6) is 0 Å². The Morgan fingerprint density at radius 3 is 2.27 bits per heavy atom. The van der Waals surface area contributed by atoms with Gasteiger partial charge in [-0.15, -0.1) is 0 Å². The first kappa shape index (κ1) is 10.4. The fourth-order valence-corrected chi connectivity index (χ4v) is 1.70. The van der Waals surface area contributed by atoms with Crippen molar-refractivity contribution in [2.75, 3.05) is 5.75 Å². The maximum atomic E-state index is 10.9. The van der Waals surface area contributed by atoms with Gasteiger partial charge in [-0.25, -0.2) is 8.42 Å². The van der Waals surface area contributed by atoms with Crippen molar-refractivity contribution >= 4 is 15.9 Å². The van der Waals surface area contributed by atoms with Crippen molar-refractivity contribution in [2.45, 2.75) is 26.7 Å². The summed E-state index contributed by atoms with van der Waals surface area (Å²) in [6.07, 6.45) is 0.718. The summed E-state index contributed by atoms with van der Waals surface area (Å²) >= 11 is 0. The summed E-state index contributed by atoms with van der Waals surface area (Å²) < 4.78 is 23.7. The maximum absolute atomic E-state index is 10.9. The van der Waals surface area contributed by atoms with Crippen LogP contribution < -0.4 is 4.72 Å². The number of carbonyl (C=O) groups excluding carboxylic acids is 1. The van der Waals surface area contributed by atoms with Crippen LogP contribution in [0.1, 0.15) is 26.7 Å². The molecule has 0 unspecified atom stereocenters. The Morgan fingerprint density at radius 2 is 1.91 bits per heavy atom. The summed E-state index contributed by atoms with van der Waals surface area (Å²) in [5.74, 6) is -0.433. The molecule has 0 aliphatic carbocycles. The maximum Gasteiger partial charge on any atom is 0.234 e. The van der Waals surface area contributed by atoms with E-state index in [1.54, 1.807) is 13.8 Å². The minimum Gasteiger partial charge on any atom is -0.274 e. The number of hydrogen-bond donors (Lipinski definition) is 1. The molecule has 1 amide bonds. The Hall–Kier alpha value is -0.580. The van der Waals surface area contributed by atoms with Crippen molar-refractivity contribution in [1.29, 1.82) is 0 Å². The Kier molecular flexibility index (Phi) is 4.10. The molecular weight excluding hydrogens is 166 g/mol. The lowest BCUT2D eigenvalue weighted by atomic mass is 10.5. The van der Waals surface area contributed by atoms with Crippen LogP contribution in [0, 0.1) is 0 Å². The van der Waals surface area contributed by atoms with Gasteiger partial charge in [0.1, 0.15) is 0 Å². The minimum absolute atomic E-state index is 0.0126. The molecule has 0 heterocycles. The molecule has 0 saturated heterocycles. The zero-order valence-electron chi connectivity index (χ0n) is 6.75. The Bertz CT molecular complexity index is 220. The summed E-state index contributed by atoms with van der Waals surface area (Å²) in [5.41, 5.74) is 0. The first-order valence-corrected chi connectivity index (χ1v) is 5.20. The van der Waals surface area contributed by atoms with E-state index in [-0.39, 0.29) is 12.2 Å². The van der Waals surface area contributed by atoms with Gasteiger partial charge in [0, 0.05) is 6.42 Å². The third-order valence-corrected chi connectivity index (χ3v) is 2.55. The molecule has 0 atom stereocenters. The predicted molar refractivity (Wildman–Crippen MR) is 42.5 cm³/mol. The van der Waals surface area contributed by atoms with E-state index in [2.05, 4.69) is 0 Å². The SMILES string of the molecule is CCCS(=O)(=O)NC(=O)CC. The van der Waals surface area contributed by atoms with Gasteiger partial charge in [-0.1, -0.05) is 13.8 Å². The van der Waals surface area contributed by atoms with E-state index in [1.165, 1.54) is 0 Å². The number of amides is 1. The molecule has 0 radical (unpaired) electrons. The minimum atomic E-state index is -3.34. The fourth-order valence-electron chi connectivity index (χ4n) is 0.565. The number of hydrogen-bond acceptors (Lipinski definition) is 3. The van der Waals surface area contributed by atoms with Crippen LogP contribution in [-0.4, -0.2) is 20.1 Å². The molecule has 0 bridgehead atoms. The highest BCUT2D eigenvalue weighted by Gasteiger charge is 2.10. The zero-order chi connectivity index (χ0) is 8.91. The number of carbonyl (C=O) groups is 1. The summed E-state index contributed by atoms with van der Waals surface area (Å²) in [5, 5.41) is 0. The van der Waals surface area contributed by atoms with E-state index >= 15 is 0 Å². The molecule has 0 spiro atoms. The molecule has 0 aliphatic rings. The highest BCUT2D eigenvalue weighted by Crippen LogP contribution is 1.89. The second-order valence-electron chi connectivity index (χ2n) is 2.20. The lowest BCUT2D eigenvalue weighted by Crippen LogP contribution is -2.31. The predicted octanol–water partition coefficient (Wildman–Crippen LogP) is 0.252. The largest absolute Gasteiger partial charge is 0.274 e. The normalized spacial score (nSPS) is 11.1. The van der Waals surface area contributed by atoms with Gasteiger partial charge in [0.25, 0.3) is 0 Å². The van der Waals surface area contributed by atoms with Crippen LogP contribution >= 0.6 is 0 Å². The van der Waals surface area contributed by atoms with E-state index in [4.69, 9.17) is 0 Å². The van der Waals surface area contributed by atoms with Crippen LogP contribution in [0.15, 0.2) is 0 Å². The van der Waals surface area contributed by atoms with Crippen molar-refractivity contribution in [3.63, 3.8) is 0 Å². The van der Waals surface area contributed by atoms with Gasteiger partial charge in [-0.2, -0.15) is 0 Å². The first-order chi connectivity index (χ1) is 5.02. The first-order valence-electron chi connectivity index (χ1n) is 3.55. The molecule has 0 aromatic rings. The Balaban J connectivity index is 4.03. The molecule has 0 aliphatic heterocycles. The van der Waals surface area contributed by atoms with Crippen molar-refractivity contribution in [1.82, 2.24) is 4.72 Å². The smallest absolute Gasteiger partial charge is 0.234 e. The topological polar surface area (TPSA) is 63.2 Å². The number of sulfonamides is 1. The second-order valence-corrected chi connectivity index (χ2v) is 4.04. The summed E-state index contributed by atoms with van der Waals surface area (Å²) in [6, 6.07) is 0. The standard InChI is InChI=1S/C6H13NO3S/c1-3-5-11(9,10)7-6(8)4-2/h3-5H2,1-2H3,(H,7,8). The van der Waals surface area contributed by atoms with Gasteiger partial charge >= 0.3 is 0 Å². The highest BCUT2D eigenvalue weighted by atomic mass is 32.2. The zero-order valence-corrected chi connectivity index (χ0v) is 7.57. The van der Waals surface area contributed by atoms with Crippen LogP contribution in [0.3, 0.4) is 0 Å². The molecule has 11 heavy (non-hydrogen) atoms. The van der Waals surface area contributed by atoms with Crippen LogP contribution in [-0.2, 0) is 14.8 Å². The van der Waals surface area contributed by atoms with Gasteiger partial charge in [-0.05, 0) is 6.42 Å². The molecule has 1 N–H and O–H groups in total. The van der Waals surface area contributed by atoms with Crippen molar-refractivity contribution in [3.05, 3.63) is 0 Å². The summed E-state index contributed by atoms with van der Waals surface area (Å²) in [4.78, 5) is 10.6. The molecule has 4 nitrogen and oxygen atoms in total. The van der Waals surface area contributed by atoms with E-state index < -0.39 is 15.9 Å². The van der Waals surface area contributed by atoms with Gasteiger partial charge in [0.2, 0.25) is 15.9 Å². The van der Waals surface area contributed by atoms with Gasteiger partial charge < -0.3 is 0 Å². The summed E-state index contributed by atoms with van der Waals surface area (Å²) in [7, 11) is -3.34. The van der Waals surface area contributed by atoms with Crippen molar-refractivity contribution < 1.29 is 13.2 Å². The van der Waals surface area contributed by atoms with E-state index in [9.17, 15) is 13.2 Å². The van der Waals surface area contributed by atoms with E-state index in [0.717, 1.165) is 0 Å². The molecular formula is C6H13NO3S. The Morgan fingerprint density at radius 1 is 1.36 bits per heavy atom. The number of rotatable bonds is 4. The van der Waals surface area contributed by atoms with Gasteiger partial charge in [-0.3, -0.25) is 9.52 Å². The molecule has 66 valence electrons. The van der Waals surface area contributed by atoms with E-state index in [1.807, 2.05) is 4.72 Å². The Labute approximate surface area is 67.0 Å². The molecule has 0 saturated carbocycles. The lowest BCUT2D eigenvalue weighted by Gasteiger charge is -2.02. The van der Waals surface area contributed by atoms with Gasteiger partial charge in [0.05, 0.1) is 5.75 Å². The van der Waals surface area contributed by atoms with Crippen LogP contribution in [0.4, 0.5) is 0 Å². The third-order valence-electron chi connectivity index (χ3n) is 1.06. The van der Waals surface area contributed by atoms with Gasteiger partial charge in [0.15, 0.2) is 0 Å². The monoisotopic (exact) mass is 179 g/mol. The second kappa shape index (κ2) is 4.33. The molecule has 0 aromatic carbocycles. The average Bonchev–Trinajstić information content (AvgIpc) is 1.86. The molecule has 0 rings (SSSR count). The average molecular weight is 179 g/mol. The molecule has 0 aromatic heterocycles. The quantitative estimate of drug-likeness (QED) is 0.673. The summed E-state index contributed by atoms with van der Waals surface area (Å²) in [6.45, 7) is 3.35. The van der Waals surface area contributed by atoms with Crippen molar-refractivity contribution in [3.8, 4) is 0 Å². The third kappa shape index (κ3) is 4.78. The molecule has 5 heteroatoms. The van der Waals surface area contributed by atoms with Crippen LogP contribution in [0.25, 0.3) is 0 Å². The van der Waals surface area contributed by atoms with Crippen molar-refractivity contribution in [2.24, 2.45) is 0 Å².